The summed E-state index contributed by atoms with van der Waals surface area (Å²) in [4.78, 5) is 12.1. The highest BCUT2D eigenvalue weighted by molar-refractivity contribution is 4.96. The van der Waals surface area contributed by atoms with Crippen molar-refractivity contribution in [3.63, 3.8) is 0 Å². The number of rotatable bonds is 1. The summed E-state index contributed by atoms with van der Waals surface area (Å²) in [6, 6.07) is 0.387. The van der Waals surface area contributed by atoms with E-state index in [1.165, 1.54) is 0 Å². The van der Waals surface area contributed by atoms with Gasteiger partial charge in [0.05, 0.1) is 0 Å². The molecule has 1 saturated carbocycles. The van der Waals surface area contributed by atoms with Gasteiger partial charge in [0.2, 0.25) is 0 Å². The van der Waals surface area contributed by atoms with Crippen LogP contribution in [0.4, 0.5) is 0 Å². The normalized spacial score (nSPS) is 28.7. The van der Waals surface area contributed by atoms with Gasteiger partial charge in [0.25, 0.3) is 0 Å². The van der Waals surface area contributed by atoms with Gasteiger partial charge in [-0.1, -0.05) is 0 Å². The van der Waals surface area contributed by atoms with Crippen LogP contribution in [0.3, 0.4) is 0 Å². The third kappa shape index (κ3) is 2.01. The van der Waals surface area contributed by atoms with Crippen molar-refractivity contribution >= 4 is 0 Å². The summed E-state index contributed by atoms with van der Waals surface area (Å²) in [6.45, 7) is 0. The number of nitrogens with two attached hydrogens (primary N) is 1. The molecule has 0 aromatic carbocycles. The summed E-state index contributed by atoms with van der Waals surface area (Å²) >= 11 is 0. The van der Waals surface area contributed by atoms with E-state index < -0.39 is 0 Å². The maximum atomic E-state index is 5.82. The molecule has 1 aliphatic rings. The van der Waals surface area contributed by atoms with Gasteiger partial charge in [-0.2, -0.15) is 0 Å². The molecule has 0 atom stereocenters. The van der Waals surface area contributed by atoms with Crippen LogP contribution in [-0.4, -0.2) is 21.0 Å². The minimum absolute atomic E-state index is 0.387. The second-order valence-corrected chi connectivity index (χ2v) is 3.61. The van der Waals surface area contributed by atoms with Crippen molar-refractivity contribution in [2.24, 2.45) is 5.73 Å². The zero-order valence-corrected chi connectivity index (χ0v) is 7.56. The first-order valence-electron chi connectivity index (χ1n) is 4.74. The molecule has 0 unspecified atom stereocenters. The van der Waals surface area contributed by atoms with Crippen molar-refractivity contribution in [3.8, 4) is 0 Å². The first kappa shape index (κ1) is 8.56. The van der Waals surface area contributed by atoms with Gasteiger partial charge in [0.1, 0.15) is 18.5 Å². The molecule has 0 radical (unpaired) electrons. The predicted octanol–water partition coefficient (Wildman–Crippen LogP) is 0.856. The molecule has 2 N–H and O–H groups in total. The summed E-state index contributed by atoms with van der Waals surface area (Å²) < 4.78 is 0. The molecule has 0 amide bonds. The lowest BCUT2D eigenvalue weighted by Gasteiger charge is -2.24. The molecule has 0 aliphatic heterocycles. The van der Waals surface area contributed by atoms with Crippen LogP contribution in [-0.2, 0) is 0 Å². The van der Waals surface area contributed by atoms with Crippen molar-refractivity contribution < 1.29 is 0 Å². The fourth-order valence-electron chi connectivity index (χ4n) is 1.84. The molecule has 13 heavy (non-hydrogen) atoms. The van der Waals surface area contributed by atoms with Crippen LogP contribution in [0.5, 0.6) is 0 Å². The van der Waals surface area contributed by atoms with Crippen molar-refractivity contribution in [1.82, 2.24) is 15.0 Å². The maximum Gasteiger partial charge on any atom is 0.135 e. The van der Waals surface area contributed by atoms with Gasteiger partial charge in [0, 0.05) is 12.0 Å². The summed E-state index contributed by atoms with van der Waals surface area (Å²) in [5.41, 5.74) is 5.82. The predicted molar refractivity (Wildman–Crippen MR) is 49.0 cm³/mol. The third-order valence-corrected chi connectivity index (χ3v) is 2.65. The summed E-state index contributed by atoms with van der Waals surface area (Å²) in [5, 5.41) is 0. The van der Waals surface area contributed by atoms with Gasteiger partial charge >= 0.3 is 0 Å². The van der Waals surface area contributed by atoms with E-state index in [1.807, 2.05) is 0 Å². The molecule has 4 nitrogen and oxygen atoms in total. The van der Waals surface area contributed by atoms with Crippen molar-refractivity contribution in [2.75, 3.05) is 0 Å². The van der Waals surface area contributed by atoms with E-state index in [0.29, 0.717) is 12.0 Å². The number of hydrogen-bond acceptors (Lipinski definition) is 4. The van der Waals surface area contributed by atoms with Gasteiger partial charge in [-0.25, -0.2) is 15.0 Å². The Morgan fingerprint density at radius 2 is 1.69 bits per heavy atom. The van der Waals surface area contributed by atoms with Crippen LogP contribution in [0.15, 0.2) is 12.7 Å². The number of hydrogen-bond donors (Lipinski definition) is 1. The van der Waals surface area contributed by atoms with Crippen molar-refractivity contribution in [3.05, 3.63) is 18.5 Å². The standard InChI is InChI=1S/C9H14N4/c10-8-3-1-7(2-4-8)9-12-5-11-6-13-9/h5-8H,1-4,10H2. The van der Waals surface area contributed by atoms with E-state index in [-0.39, 0.29) is 0 Å². The molecule has 0 spiro atoms. The van der Waals surface area contributed by atoms with E-state index in [9.17, 15) is 0 Å². The van der Waals surface area contributed by atoms with E-state index in [1.54, 1.807) is 12.7 Å². The molecule has 0 bridgehead atoms. The average molecular weight is 178 g/mol. The summed E-state index contributed by atoms with van der Waals surface area (Å²) in [7, 11) is 0. The molecule has 1 heterocycles. The first-order chi connectivity index (χ1) is 6.36. The highest BCUT2D eigenvalue weighted by atomic mass is 15.0. The van der Waals surface area contributed by atoms with Crippen LogP contribution in [0.2, 0.25) is 0 Å². The second-order valence-electron chi connectivity index (χ2n) is 3.61. The molecule has 1 aromatic heterocycles. The van der Waals surface area contributed by atoms with Crippen LogP contribution < -0.4 is 5.73 Å². The number of nitrogens with zero attached hydrogens (tertiary/aromatic N) is 3. The molecular formula is C9H14N4. The quantitative estimate of drug-likeness (QED) is 0.692. The van der Waals surface area contributed by atoms with Gasteiger partial charge in [0.15, 0.2) is 0 Å². The Balaban J connectivity index is 2.03. The topological polar surface area (TPSA) is 64.7 Å². The lowest BCUT2D eigenvalue weighted by Crippen LogP contribution is -2.26. The lowest BCUT2D eigenvalue weighted by atomic mass is 9.86. The zero-order chi connectivity index (χ0) is 9.10. The highest BCUT2D eigenvalue weighted by Crippen LogP contribution is 2.29. The molecular weight excluding hydrogens is 164 g/mol. The maximum absolute atomic E-state index is 5.82. The Hall–Kier alpha value is -1.03. The zero-order valence-electron chi connectivity index (χ0n) is 7.56. The molecule has 4 heteroatoms. The Bertz CT molecular complexity index is 254. The van der Waals surface area contributed by atoms with Crippen molar-refractivity contribution in [2.45, 2.75) is 37.6 Å². The number of aromatic nitrogens is 3. The average Bonchev–Trinajstić information content (AvgIpc) is 2.20. The van der Waals surface area contributed by atoms with E-state index >= 15 is 0 Å². The molecule has 1 aliphatic carbocycles. The lowest BCUT2D eigenvalue weighted by molar-refractivity contribution is 0.384. The highest BCUT2D eigenvalue weighted by Gasteiger charge is 2.21. The van der Waals surface area contributed by atoms with E-state index in [4.69, 9.17) is 5.73 Å². The SMILES string of the molecule is NC1CCC(c2ncncn2)CC1. The largest absolute Gasteiger partial charge is 0.328 e. The van der Waals surface area contributed by atoms with Crippen LogP contribution in [0, 0.1) is 0 Å². The van der Waals surface area contributed by atoms with Gasteiger partial charge < -0.3 is 5.73 Å². The Morgan fingerprint density at radius 1 is 1.08 bits per heavy atom. The molecule has 0 saturated heterocycles. The van der Waals surface area contributed by atoms with Gasteiger partial charge in [-0.15, -0.1) is 0 Å². The fourth-order valence-corrected chi connectivity index (χ4v) is 1.84. The molecule has 1 aromatic rings. The Morgan fingerprint density at radius 3 is 2.31 bits per heavy atom. The second kappa shape index (κ2) is 3.79. The van der Waals surface area contributed by atoms with Crippen molar-refractivity contribution in [1.29, 1.82) is 0 Å². The first-order valence-corrected chi connectivity index (χ1v) is 4.74. The van der Waals surface area contributed by atoms with Crippen LogP contribution >= 0.6 is 0 Å². The van der Waals surface area contributed by atoms with E-state index in [0.717, 1.165) is 31.5 Å². The summed E-state index contributed by atoms with van der Waals surface area (Å²) in [6.07, 6.45) is 7.55. The van der Waals surface area contributed by atoms with Crippen LogP contribution in [0.1, 0.15) is 37.4 Å². The van der Waals surface area contributed by atoms with Gasteiger partial charge in [-0.3, -0.25) is 0 Å². The van der Waals surface area contributed by atoms with E-state index in [2.05, 4.69) is 15.0 Å². The molecule has 70 valence electrons. The smallest absolute Gasteiger partial charge is 0.135 e. The Kier molecular flexibility index (Phi) is 2.49. The summed E-state index contributed by atoms with van der Waals surface area (Å²) in [5.74, 6) is 1.43. The monoisotopic (exact) mass is 178 g/mol. The van der Waals surface area contributed by atoms with Gasteiger partial charge in [-0.05, 0) is 25.7 Å². The molecule has 2 rings (SSSR count). The fraction of sp³-hybridized carbons (Fsp3) is 0.667. The minimum Gasteiger partial charge on any atom is -0.328 e. The van der Waals surface area contributed by atoms with Crippen LogP contribution in [0.25, 0.3) is 0 Å². The third-order valence-electron chi connectivity index (χ3n) is 2.65. The Labute approximate surface area is 77.6 Å². The minimum atomic E-state index is 0.387. The molecule has 1 fully saturated rings.